The number of aromatic nitrogens is 1. The summed E-state index contributed by atoms with van der Waals surface area (Å²) in [6, 6.07) is 6.45. The number of nitrogens with one attached hydrogen (secondary N) is 1. The molecular formula is C19H21ClN2O5S2. The van der Waals surface area contributed by atoms with E-state index in [9.17, 15) is 13.2 Å². The SMILES string of the molecule is CCOC(=O)c1[nH]c(C)c(CN(Cc2ccco2)S(=O)(=O)c2ccc(Cl)s2)c1C. The number of aryl methyl sites for hydroxylation is 1. The molecule has 1 N–H and O–H groups in total. The zero-order valence-electron chi connectivity index (χ0n) is 16.2. The van der Waals surface area contributed by atoms with Gasteiger partial charge in [0.2, 0.25) is 0 Å². The number of esters is 1. The Morgan fingerprint density at radius 3 is 2.62 bits per heavy atom. The van der Waals surface area contributed by atoms with E-state index in [1.54, 1.807) is 39.0 Å². The van der Waals surface area contributed by atoms with E-state index < -0.39 is 16.0 Å². The molecule has 0 bridgehead atoms. The number of sulfonamides is 1. The number of hydrogen-bond acceptors (Lipinski definition) is 6. The highest BCUT2D eigenvalue weighted by Crippen LogP contribution is 2.31. The van der Waals surface area contributed by atoms with Gasteiger partial charge < -0.3 is 14.1 Å². The van der Waals surface area contributed by atoms with Crippen molar-refractivity contribution in [2.75, 3.05) is 6.61 Å². The molecule has 10 heteroatoms. The molecule has 3 rings (SSSR count). The monoisotopic (exact) mass is 456 g/mol. The largest absolute Gasteiger partial charge is 0.468 e. The lowest BCUT2D eigenvalue weighted by Crippen LogP contribution is -2.30. The third-order valence-corrected chi connectivity index (χ3v) is 7.95. The van der Waals surface area contributed by atoms with Crippen molar-refractivity contribution in [1.29, 1.82) is 0 Å². The molecule has 0 saturated heterocycles. The van der Waals surface area contributed by atoms with Gasteiger partial charge >= 0.3 is 5.97 Å². The quantitative estimate of drug-likeness (QED) is 0.503. The summed E-state index contributed by atoms with van der Waals surface area (Å²) in [5.74, 6) is 0.0394. The second-order valence-electron chi connectivity index (χ2n) is 6.36. The summed E-state index contributed by atoms with van der Waals surface area (Å²) in [6.45, 7) is 5.66. The summed E-state index contributed by atoms with van der Waals surface area (Å²) in [6.07, 6.45) is 1.49. The zero-order chi connectivity index (χ0) is 21.2. The highest BCUT2D eigenvalue weighted by atomic mass is 35.5. The van der Waals surface area contributed by atoms with Crippen molar-refractivity contribution in [2.24, 2.45) is 0 Å². The van der Waals surface area contributed by atoms with Crippen LogP contribution >= 0.6 is 22.9 Å². The van der Waals surface area contributed by atoms with E-state index in [2.05, 4.69) is 4.98 Å². The van der Waals surface area contributed by atoms with Crippen molar-refractivity contribution in [1.82, 2.24) is 9.29 Å². The molecule has 0 aromatic carbocycles. The van der Waals surface area contributed by atoms with Crippen LogP contribution in [0.3, 0.4) is 0 Å². The Hall–Kier alpha value is -2.07. The summed E-state index contributed by atoms with van der Waals surface area (Å²) >= 11 is 6.95. The van der Waals surface area contributed by atoms with Gasteiger partial charge in [-0.05, 0) is 56.2 Å². The number of ether oxygens (including phenoxy) is 1. The average molecular weight is 457 g/mol. The Morgan fingerprint density at radius 1 is 1.28 bits per heavy atom. The molecule has 3 heterocycles. The van der Waals surface area contributed by atoms with Crippen LogP contribution in [0.1, 0.15) is 40.0 Å². The molecule has 0 radical (unpaired) electrons. The Kier molecular flexibility index (Phi) is 6.52. The number of carbonyl (C=O) groups is 1. The number of furan rings is 1. The molecule has 3 aromatic heterocycles. The number of rotatable bonds is 8. The first-order valence-corrected chi connectivity index (χ1v) is 11.5. The molecule has 29 heavy (non-hydrogen) atoms. The predicted molar refractivity (Wildman–Crippen MR) is 111 cm³/mol. The van der Waals surface area contributed by atoms with Gasteiger partial charge in [0.1, 0.15) is 15.7 Å². The summed E-state index contributed by atoms with van der Waals surface area (Å²) in [4.78, 5) is 15.2. The summed E-state index contributed by atoms with van der Waals surface area (Å²) in [5, 5.41) is 0. The molecule has 0 saturated carbocycles. The fourth-order valence-corrected chi connectivity index (χ4v) is 5.99. The van der Waals surface area contributed by atoms with Gasteiger partial charge in [-0.15, -0.1) is 11.3 Å². The number of H-pyrrole nitrogens is 1. The highest BCUT2D eigenvalue weighted by molar-refractivity contribution is 7.91. The first-order chi connectivity index (χ1) is 13.7. The number of nitrogens with zero attached hydrogens (tertiary/aromatic N) is 1. The first-order valence-electron chi connectivity index (χ1n) is 8.87. The smallest absolute Gasteiger partial charge is 0.355 e. The van der Waals surface area contributed by atoms with Gasteiger partial charge in [0, 0.05) is 12.2 Å². The minimum atomic E-state index is -3.83. The van der Waals surface area contributed by atoms with E-state index in [-0.39, 0.29) is 23.9 Å². The fourth-order valence-electron chi connectivity index (χ4n) is 2.98. The number of halogens is 1. The molecule has 3 aromatic rings. The van der Waals surface area contributed by atoms with Gasteiger partial charge in [-0.25, -0.2) is 13.2 Å². The predicted octanol–water partition coefficient (Wildman–Crippen LogP) is 4.51. The van der Waals surface area contributed by atoms with E-state index in [0.717, 1.165) is 11.3 Å². The van der Waals surface area contributed by atoms with Gasteiger partial charge in [-0.1, -0.05) is 11.6 Å². The van der Waals surface area contributed by atoms with Crippen LogP contribution in [0.2, 0.25) is 4.34 Å². The molecule has 7 nitrogen and oxygen atoms in total. The van der Waals surface area contributed by atoms with Crippen LogP contribution in [0, 0.1) is 13.8 Å². The van der Waals surface area contributed by atoms with Crippen LogP contribution in [-0.4, -0.2) is 30.3 Å². The van der Waals surface area contributed by atoms with Gasteiger partial charge in [-0.2, -0.15) is 4.31 Å². The third-order valence-electron chi connectivity index (χ3n) is 4.46. The molecule has 0 aliphatic heterocycles. The van der Waals surface area contributed by atoms with Gasteiger partial charge in [0.15, 0.2) is 0 Å². The summed E-state index contributed by atoms with van der Waals surface area (Å²) in [7, 11) is -3.83. The standard InChI is InChI=1S/C19H21ClN2O5S2/c1-4-26-19(23)18-12(2)15(13(3)21-18)11-22(10-14-6-5-9-27-14)29(24,25)17-8-7-16(20)28-17/h5-9,21H,4,10-11H2,1-3H3. The number of aromatic amines is 1. The molecule has 0 aliphatic rings. The van der Waals surface area contributed by atoms with E-state index in [4.69, 9.17) is 20.8 Å². The fraction of sp³-hybridized carbons (Fsp3) is 0.316. The summed E-state index contributed by atoms with van der Waals surface area (Å²) < 4.78 is 38.8. The lowest BCUT2D eigenvalue weighted by Gasteiger charge is -2.21. The zero-order valence-corrected chi connectivity index (χ0v) is 18.6. The van der Waals surface area contributed by atoms with Gasteiger partial charge in [0.05, 0.1) is 23.8 Å². The Bertz CT molecular complexity index is 1100. The number of hydrogen-bond donors (Lipinski definition) is 1. The van der Waals surface area contributed by atoms with Crippen molar-refractivity contribution in [3.8, 4) is 0 Å². The molecule has 0 aliphatic carbocycles. The average Bonchev–Trinajstić information content (AvgIpc) is 3.39. The van der Waals surface area contributed by atoms with Crippen molar-refractivity contribution >= 4 is 38.9 Å². The molecular weight excluding hydrogens is 436 g/mol. The maximum atomic E-state index is 13.3. The van der Waals surface area contributed by atoms with Crippen LogP contribution in [0.5, 0.6) is 0 Å². The topological polar surface area (TPSA) is 92.6 Å². The van der Waals surface area contributed by atoms with Crippen LogP contribution in [0.15, 0.2) is 39.2 Å². The van der Waals surface area contributed by atoms with Crippen molar-refractivity contribution in [3.63, 3.8) is 0 Å². The third kappa shape index (κ3) is 4.58. The Morgan fingerprint density at radius 2 is 2.03 bits per heavy atom. The highest BCUT2D eigenvalue weighted by Gasteiger charge is 2.30. The first kappa shape index (κ1) is 21.6. The maximum Gasteiger partial charge on any atom is 0.355 e. The van der Waals surface area contributed by atoms with E-state index in [1.165, 1.54) is 16.6 Å². The van der Waals surface area contributed by atoms with Crippen LogP contribution < -0.4 is 0 Å². The minimum Gasteiger partial charge on any atom is -0.468 e. The van der Waals surface area contributed by atoms with Crippen LogP contribution in [0.4, 0.5) is 0 Å². The molecule has 0 unspecified atom stereocenters. The van der Waals surface area contributed by atoms with Gasteiger partial charge in [-0.3, -0.25) is 0 Å². The minimum absolute atomic E-state index is 0.0453. The molecule has 0 fully saturated rings. The lowest BCUT2D eigenvalue weighted by atomic mass is 10.1. The van der Waals surface area contributed by atoms with E-state index in [0.29, 0.717) is 32.6 Å². The van der Waals surface area contributed by atoms with Crippen LogP contribution in [-0.2, 0) is 27.8 Å². The number of thiophene rings is 1. The lowest BCUT2D eigenvalue weighted by molar-refractivity contribution is 0.0519. The van der Waals surface area contributed by atoms with Crippen LogP contribution in [0.25, 0.3) is 0 Å². The number of carbonyl (C=O) groups excluding carboxylic acids is 1. The van der Waals surface area contributed by atoms with Gasteiger partial charge in [0.25, 0.3) is 10.0 Å². The molecule has 0 atom stereocenters. The Balaban J connectivity index is 1.99. The normalized spacial score (nSPS) is 11.9. The van der Waals surface area contributed by atoms with E-state index >= 15 is 0 Å². The van der Waals surface area contributed by atoms with Crippen molar-refractivity contribution < 1.29 is 22.4 Å². The summed E-state index contributed by atoms with van der Waals surface area (Å²) in [5.41, 5.74) is 2.40. The molecule has 0 spiro atoms. The Labute approximate surface area is 178 Å². The van der Waals surface area contributed by atoms with Crippen molar-refractivity contribution in [3.05, 3.63) is 63.1 Å². The van der Waals surface area contributed by atoms with Crippen molar-refractivity contribution in [2.45, 2.75) is 38.1 Å². The second kappa shape index (κ2) is 8.74. The van der Waals surface area contributed by atoms with E-state index in [1.807, 2.05) is 0 Å². The maximum absolute atomic E-state index is 13.3. The molecule has 0 amide bonds. The second-order valence-corrected chi connectivity index (χ2v) is 10.2. The molecule has 156 valence electrons.